The highest BCUT2D eigenvalue weighted by Crippen LogP contribution is 2.41. The fraction of sp³-hybridized carbons (Fsp3) is 0. The molecule has 0 aliphatic heterocycles. The molecule has 0 spiro atoms. The Morgan fingerprint density at radius 3 is 0.387 bits per heavy atom. The van der Waals surface area contributed by atoms with Crippen LogP contribution in [-0.4, -0.2) is 0 Å². The maximum absolute atomic E-state index is 2.34. The summed E-state index contributed by atoms with van der Waals surface area (Å²) in [6.45, 7) is 0. The van der Waals surface area contributed by atoms with Crippen molar-refractivity contribution in [3.05, 3.63) is 322 Å². The van der Waals surface area contributed by atoms with Gasteiger partial charge in [-0.25, -0.2) is 0 Å². The molecule has 0 fully saturated rings. The van der Waals surface area contributed by atoms with Crippen molar-refractivity contribution in [3.8, 4) is 55.6 Å². The molecule has 0 unspecified atom stereocenters. The molecule has 75 heavy (non-hydrogen) atoms. The van der Waals surface area contributed by atoms with Crippen molar-refractivity contribution in [2.24, 2.45) is 0 Å². The number of nitrogens with zero attached hydrogens (tertiary/aromatic N) is 3. The smallest absolute Gasteiger partial charge is 0.0462 e. The second-order valence-electron chi connectivity index (χ2n) is 18.6. The average molecular weight is 960 g/mol. The molecule has 12 aromatic carbocycles. The van der Waals surface area contributed by atoms with Crippen molar-refractivity contribution < 1.29 is 0 Å². The Kier molecular flexibility index (Phi) is 13.2. The van der Waals surface area contributed by atoms with Crippen molar-refractivity contribution in [1.82, 2.24) is 0 Å². The van der Waals surface area contributed by atoms with E-state index in [9.17, 15) is 0 Å². The summed E-state index contributed by atoms with van der Waals surface area (Å²) in [6, 6.07) is 115. The molecule has 0 atom stereocenters. The fourth-order valence-electron chi connectivity index (χ4n) is 10.0. The van der Waals surface area contributed by atoms with E-state index in [1.807, 2.05) is 0 Å². The number of hydrogen-bond acceptors (Lipinski definition) is 3. The summed E-state index contributed by atoms with van der Waals surface area (Å²) in [7, 11) is 0. The summed E-state index contributed by atoms with van der Waals surface area (Å²) in [6.07, 6.45) is 0. The lowest BCUT2D eigenvalue weighted by Gasteiger charge is -2.27. The van der Waals surface area contributed by atoms with E-state index in [1.165, 1.54) is 33.4 Å². The molecule has 12 aromatic rings. The van der Waals surface area contributed by atoms with E-state index < -0.39 is 0 Å². The van der Waals surface area contributed by atoms with Gasteiger partial charge in [0.05, 0.1) is 0 Å². The quantitative estimate of drug-likeness (QED) is 0.108. The predicted octanol–water partition coefficient (Wildman–Crippen LogP) is 20.4. The lowest BCUT2D eigenvalue weighted by Crippen LogP contribution is -2.10. The normalized spacial score (nSPS) is 10.9. The molecule has 0 aliphatic carbocycles. The predicted molar refractivity (Wildman–Crippen MR) is 318 cm³/mol. The van der Waals surface area contributed by atoms with Gasteiger partial charge in [-0.1, -0.05) is 212 Å². The van der Waals surface area contributed by atoms with Crippen molar-refractivity contribution in [2.45, 2.75) is 0 Å². The van der Waals surface area contributed by atoms with E-state index in [0.29, 0.717) is 0 Å². The van der Waals surface area contributed by atoms with Crippen molar-refractivity contribution >= 4 is 51.2 Å². The average Bonchev–Trinajstić information content (AvgIpc) is 3.50. The topological polar surface area (TPSA) is 9.72 Å². The van der Waals surface area contributed by atoms with Crippen molar-refractivity contribution in [1.29, 1.82) is 0 Å². The molecular formula is C72H53N3. The van der Waals surface area contributed by atoms with Gasteiger partial charge in [0.15, 0.2) is 0 Å². The first-order chi connectivity index (χ1) is 37.2. The minimum Gasteiger partial charge on any atom is -0.311 e. The van der Waals surface area contributed by atoms with E-state index in [-0.39, 0.29) is 0 Å². The van der Waals surface area contributed by atoms with E-state index in [1.54, 1.807) is 0 Å². The van der Waals surface area contributed by atoms with Gasteiger partial charge in [0.2, 0.25) is 0 Å². The standard InChI is InChI=1S/C72H53N3/c1-6-16-54(17-7-1)57-26-40-66(41-27-57)73(64-22-12-4-13-23-64)68-46-32-60(33-47-68)62-36-50-71(51-37-62)75(70-44-30-59(31-45-70)56-20-10-3-11-21-56)72-52-38-63(39-53-72)61-34-48-69(49-35-61)74(65-24-14-5-15-25-65)67-42-28-58(29-43-67)55-18-8-2-9-19-55/h1-53H. The minimum atomic E-state index is 1.08. The van der Waals surface area contributed by atoms with Crippen LogP contribution in [-0.2, 0) is 0 Å². The van der Waals surface area contributed by atoms with Gasteiger partial charge >= 0.3 is 0 Å². The molecule has 0 saturated carbocycles. The highest BCUT2D eigenvalue weighted by Gasteiger charge is 2.17. The molecule has 12 rings (SSSR count). The molecular weight excluding hydrogens is 907 g/mol. The summed E-state index contributed by atoms with van der Waals surface area (Å²) >= 11 is 0. The summed E-state index contributed by atoms with van der Waals surface area (Å²) in [4.78, 5) is 6.97. The van der Waals surface area contributed by atoms with Gasteiger partial charge in [0.1, 0.15) is 0 Å². The molecule has 0 saturated heterocycles. The Labute approximate surface area is 440 Å². The van der Waals surface area contributed by atoms with Crippen LogP contribution in [0.5, 0.6) is 0 Å². The molecule has 3 heteroatoms. The number of rotatable bonds is 14. The Hall–Kier alpha value is -9.96. The highest BCUT2D eigenvalue weighted by atomic mass is 15.2. The summed E-state index contributed by atoms with van der Waals surface area (Å²) < 4.78 is 0. The Morgan fingerprint density at radius 1 is 0.107 bits per heavy atom. The van der Waals surface area contributed by atoms with E-state index >= 15 is 0 Å². The minimum absolute atomic E-state index is 1.08. The maximum atomic E-state index is 2.34. The maximum Gasteiger partial charge on any atom is 0.0462 e. The third-order valence-corrected chi connectivity index (χ3v) is 13.9. The lowest BCUT2D eigenvalue weighted by atomic mass is 10.0. The Bertz CT molecular complexity index is 3510. The van der Waals surface area contributed by atoms with Gasteiger partial charge in [-0.2, -0.15) is 0 Å². The first-order valence-electron chi connectivity index (χ1n) is 25.6. The third-order valence-electron chi connectivity index (χ3n) is 13.9. The largest absolute Gasteiger partial charge is 0.311 e. The van der Waals surface area contributed by atoms with Crippen molar-refractivity contribution in [3.63, 3.8) is 0 Å². The second-order valence-corrected chi connectivity index (χ2v) is 18.6. The molecule has 0 aromatic heterocycles. The van der Waals surface area contributed by atoms with Crippen LogP contribution < -0.4 is 14.7 Å². The molecule has 0 N–H and O–H groups in total. The molecule has 0 radical (unpaired) electrons. The molecule has 0 aliphatic rings. The summed E-state index contributed by atoms with van der Waals surface area (Å²) in [5.41, 5.74) is 21.6. The van der Waals surface area contributed by atoms with Crippen LogP contribution >= 0.6 is 0 Å². The van der Waals surface area contributed by atoms with Crippen LogP contribution in [0, 0.1) is 0 Å². The van der Waals surface area contributed by atoms with Gasteiger partial charge in [-0.05, 0) is 165 Å². The third kappa shape index (κ3) is 10.1. The van der Waals surface area contributed by atoms with Gasteiger partial charge in [-0.15, -0.1) is 0 Å². The van der Waals surface area contributed by atoms with E-state index in [0.717, 1.165) is 73.4 Å². The van der Waals surface area contributed by atoms with Gasteiger partial charge in [0, 0.05) is 51.2 Å². The molecule has 0 heterocycles. The van der Waals surface area contributed by atoms with E-state index in [2.05, 4.69) is 336 Å². The van der Waals surface area contributed by atoms with E-state index in [4.69, 9.17) is 0 Å². The van der Waals surface area contributed by atoms with Crippen LogP contribution in [0.3, 0.4) is 0 Å². The first kappa shape index (κ1) is 46.1. The van der Waals surface area contributed by atoms with Crippen LogP contribution in [0.4, 0.5) is 51.2 Å². The number of anilines is 9. The lowest BCUT2D eigenvalue weighted by molar-refractivity contribution is 1.28. The molecule has 0 amide bonds. The van der Waals surface area contributed by atoms with Crippen molar-refractivity contribution in [2.75, 3.05) is 14.7 Å². The number of para-hydroxylation sites is 2. The monoisotopic (exact) mass is 959 g/mol. The Balaban J connectivity index is 0.822. The molecule has 0 bridgehead atoms. The highest BCUT2D eigenvalue weighted by molar-refractivity contribution is 5.84. The van der Waals surface area contributed by atoms with Crippen LogP contribution in [0.2, 0.25) is 0 Å². The SMILES string of the molecule is c1ccc(-c2ccc(N(c3ccccc3)c3ccc(-c4ccc(N(c5ccc(-c6ccccc6)cc5)c5ccc(-c6ccc(N(c7ccccc7)c7ccc(-c8ccccc8)cc7)cc6)cc5)cc4)cc3)cc2)cc1. The van der Waals surface area contributed by atoms with Gasteiger partial charge in [0.25, 0.3) is 0 Å². The fourth-order valence-corrected chi connectivity index (χ4v) is 10.0. The first-order valence-corrected chi connectivity index (χ1v) is 25.6. The van der Waals surface area contributed by atoms with Crippen LogP contribution in [0.25, 0.3) is 55.6 Å². The number of benzene rings is 12. The Morgan fingerprint density at radius 2 is 0.227 bits per heavy atom. The zero-order chi connectivity index (χ0) is 50.2. The van der Waals surface area contributed by atoms with Crippen LogP contribution in [0.1, 0.15) is 0 Å². The second kappa shape index (κ2) is 21.4. The molecule has 3 nitrogen and oxygen atoms in total. The van der Waals surface area contributed by atoms with Crippen LogP contribution in [0.15, 0.2) is 322 Å². The number of hydrogen-bond donors (Lipinski definition) is 0. The zero-order valence-corrected chi connectivity index (χ0v) is 41.4. The summed E-state index contributed by atoms with van der Waals surface area (Å²) in [5, 5.41) is 0. The zero-order valence-electron chi connectivity index (χ0n) is 41.4. The summed E-state index contributed by atoms with van der Waals surface area (Å²) in [5.74, 6) is 0. The molecule has 356 valence electrons. The van der Waals surface area contributed by atoms with Gasteiger partial charge in [-0.3, -0.25) is 0 Å². The van der Waals surface area contributed by atoms with Gasteiger partial charge < -0.3 is 14.7 Å².